The molecule has 1 heterocycles. The quantitative estimate of drug-likeness (QED) is 0.634. The van der Waals surface area contributed by atoms with Crippen LogP contribution in [0.15, 0.2) is 54.7 Å². The van der Waals surface area contributed by atoms with Gasteiger partial charge in [0.25, 0.3) is 11.1 Å². The Morgan fingerprint density at radius 1 is 1.30 bits per heavy atom. The van der Waals surface area contributed by atoms with E-state index in [4.69, 9.17) is 16.3 Å². The number of rotatable bonds is 4. The summed E-state index contributed by atoms with van der Waals surface area (Å²) in [5.74, 6) is 5.65. The Labute approximate surface area is 165 Å². The van der Waals surface area contributed by atoms with Gasteiger partial charge in [0.05, 0.1) is 12.2 Å². The lowest BCUT2D eigenvalue weighted by molar-refractivity contribution is 0.0948. The molecule has 0 saturated heterocycles. The summed E-state index contributed by atoms with van der Waals surface area (Å²) in [6.07, 6.45) is 1.57. The first-order valence-electron chi connectivity index (χ1n) is 7.97. The number of aromatic nitrogens is 1. The van der Waals surface area contributed by atoms with Crippen LogP contribution in [0.5, 0.6) is 10.9 Å². The van der Waals surface area contributed by atoms with Gasteiger partial charge in [-0.25, -0.2) is 9.37 Å². The van der Waals surface area contributed by atoms with Crippen LogP contribution in [0.1, 0.15) is 22.2 Å². The predicted molar refractivity (Wildman–Crippen MR) is 104 cm³/mol. The predicted octanol–water partition coefficient (Wildman–Crippen LogP) is 4.90. The van der Waals surface area contributed by atoms with Crippen LogP contribution in [0, 0.1) is 17.7 Å². The summed E-state index contributed by atoms with van der Waals surface area (Å²) in [6.45, 7) is 1.78. The van der Waals surface area contributed by atoms with Crippen molar-refractivity contribution in [2.24, 2.45) is 0 Å². The molecule has 0 aliphatic carbocycles. The van der Waals surface area contributed by atoms with Crippen molar-refractivity contribution in [3.8, 4) is 22.8 Å². The molecule has 0 radical (unpaired) electrons. The Balaban J connectivity index is 1.59. The van der Waals surface area contributed by atoms with Crippen molar-refractivity contribution in [2.45, 2.75) is 13.0 Å². The standard InChI is InChI=1S/C20H14ClFN2O2S/c1-13(24-19(25)14-6-8-15(21)9-7-14)5-10-18-12-23-20(27-18)26-17-4-2-3-16(22)11-17/h2-4,6-9,11-13H,1H3,(H,24,25). The van der Waals surface area contributed by atoms with Gasteiger partial charge in [-0.3, -0.25) is 4.79 Å². The molecule has 0 fully saturated rings. The van der Waals surface area contributed by atoms with E-state index < -0.39 is 0 Å². The normalized spacial score (nSPS) is 11.2. The lowest BCUT2D eigenvalue weighted by Crippen LogP contribution is -2.31. The smallest absolute Gasteiger partial charge is 0.279 e. The van der Waals surface area contributed by atoms with Crippen molar-refractivity contribution in [3.63, 3.8) is 0 Å². The van der Waals surface area contributed by atoms with Crippen molar-refractivity contribution >= 4 is 28.8 Å². The van der Waals surface area contributed by atoms with E-state index in [-0.39, 0.29) is 17.8 Å². The van der Waals surface area contributed by atoms with Crippen LogP contribution in [0.2, 0.25) is 5.02 Å². The monoisotopic (exact) mass is 400 g/mol. The molecule has 0 aliphatic rings. The Morgan fingerprint density at radius 2 is 2.07 bits per heavy atom. The molecule has 0 spiro atoms. The fourth-order valence-corrected chi connectivity index (χ4v) is 2.86. The van der Waals surface area contributed by atoms with E-state index in [0.717, 1.165) is 0 Å². The van der Waals surface area contributed by atoms with Gasteiger partial charge in [-0.15, -0.1) is 0 Å². The largest absolute Gasteiger partial charge is 0.431 e. The first-order valence-corrected chi connectivity index (χ1v) is 9.16. The van der Waals surface area contributed by atoms with Crippen molar-refractivity contribution < 1.29 is 13.9 Å². The highest BCUT2D eigenvalue weighted by molar-refractivity contribution is 7.13. The van der Waals surface area contributed by atoms with Crippen LogP contribution in [0.3, 0.4) is 0 Å². The third-order valence-corrected chi connectivity index (χ3v) is 4.39. The highest BCUT2D eigenvalue weighted by atomic mass is 35.5. The highest BCUT2D eigenvalue weighted by Crippen LogP contribution is 2.26. The van der Waals surface area contributed by atoms with Gasteiger partial charge in [0, 0.05) is 16.7 Å². The summed E-state index contributed by atoms with van der Waals surface area (Å²) in [7, 11) is 0. The fourth-order valence-electron chi connectivity index (χ4n) is 2.09. The molecule has 0 aliphatic heterocycles. The van der Waals surface area contributed by atoms with E-state index in [9.17, 15) is 9.18 Å². The van der Waals surface area contributed by atoms with Gasteiger partial charge in [0.15, 0.2) is 0 Å². The van der Waals surface area contributed by atoms with Crippen LogP contribution in [0.25, 0.3) is 0 Å². The number of ether oxygens (including phenoxy) is 1. The first-order chi connectivity index (χ1) is 13.0. The van der Waals surface area contributed by atoms with E-state index in [2.05, 4.69) is 22.1 Å². The number of carbonyl (C=O) groups excluding carboxylic acids is 1. The van der Waals surface area contributed by atoms with Crippen molar-refractivity contribution in [1.29, 1.82) is 0 Å². The molecule has 2 aromatic carbocycles. The number of nitrogens with one attached hydrogen (secondary N) is 1. The van der Waals surface area contributed by atoms with E-state index in [1.54, 1.807) is 49.5 Å². The molecule has 136 valence electrons. The van der Waals surface area contributed by atoms with Gasteiger partial charge in [-0.1, -0.05) is 40.8 Å². The number of amides is 1. The van der Waals surface area contributed by atoms with Crippen LogP contribution in [-0.2, 0) is 0 Å². The minimum Gasteiger partial charge on any atom is -0.431 e. The van der Waals surface area contributed by atoms with Crippen molar-refractivity contribution in [2.75, 3.05) is 0 Å². The molecule has 27 heavy (non-hydrogen) atoms. The number of benzene rings is 2. The lowest BCUT2D eigenvalue weighted by Gasteiger charge is -2.07. The summed E-state index contributed by atoms with van der Waals surface area (Å²) in [6, 6.07) is 12.1. The van der Waals surface area contributed by atoms with Crippen LogP contribution in [-0.4, -0.2) is 16.9 Å². The maximum atomic E-state index is 13.2. The molecule has 3 rings (SSSR count). The van der Waals surface area contributed by atoms with Gasteiger partial charge in [0.2, 0.25) is 0 Å². The summed E-state index contributed by atoms with van der Waals surface area (Å²) >= 11 is 7.05. The Morgan fingerprint density at radius 3 is 2.81 bits per heavy atom. The molecule has 3 aromatic rings. The summed E-state index contributed by atoms with van der Waals surface area (Å²) in [5.41, 5.74) is 0.511. The number of halogens is 2. The minimum absolute atomic E-state index is 0.229. The zero-order valence-electron chi connectivity index (χ0n) is 14.2. The maximum Gasteiger partial charge on any atom is 0.279 e. The molecule has 1 unspecified atom stereocenters. The number of carbonyl (C=O) groups is 1. The third kappa shape index (κ3) is 5.55. The Kier molecular flexibility index (Phi) is 6.07. The fraction of sp³-hybridized carbons (Fsp3) is 0.100. The SMILES string of the molecule is CC(C#Cc1cnc(Oc2cccc(F)c2)s1)NC(=O)c1ccc(Cl)cc1. The molecule has 1 N–H and O–H groups in total. The zero-order chi connectivity index (χ0) is 19.2. The number of hydrogen-bond acceptors (Lipinski definition) is 4. The summed E-state index contributed by atoms with van der Waals surface area (Å²) in [4.78, 5) is 16.9. The van der Waals surface area contributed by atoms with Gasteiger partial charge in [-0.2, -0.15) is 0 Å². The highest BCUT2D eigenvalue weighted by Gasteiger charge is 2.08. The van der Waals surface area contributed by atoms with E-state index in [0.29, 0.717) is 26.4 Å². The first kappa shape index (κ1) is 18.9. The summed E-state index contributed by atoms with van der Waals surface area (Å²) in [5, 5.41) is 3.73. The number of nitrogens with zero attached hydrogens (tertiary/aromatic N) is 1. The maximum absolute atomic E-state index is 13.2. The van der Waals surface area contributed by atoms with Crippen LogP contribution >= 0.6 is 22.9 Å². The molecule has 0 saturated carbocycles. The van der Waals surface area contributed by atoms with Crippen LogP contribution < -0.4 is 10.1 Å². The average molecular weight is 401 g/mol. The van der Waals surface area contributed by atoms with Crippen molar-refractivity contribution in [3.05, 3.63) is 76.0 Å². The molecule has 4 nitrogen and oxygen atoms in total. The Bertz CT molecular complexity index is 1010. The van der Waals surface area contributed by atoms with Crippen LogP contribution in [0.4, 0.5) is 4.39 Å². The Hall–Kier alpha value is -2.88. The molecule has 7 heteroatoms. The molecule has 1 atom stereocenters. The lowest BCUT2D eigenvalue weighted by atomic mass is 10.2. The second-order valence-corrected chi connectivity index (χ2v) is 6.95. The number of thiazole rings is 1. The molecule has 1 amide bonds. The van der Waals surface area contributed by atoms with E-state index >= 15 is 0 Å². The van der Waals surface area contributed by atoms with Gasteiger partial charge in [0.1, 0.15) is 16.4 Å². The summed E-state index contributed by atoms with van der Waals surface area (Å²) < 4.78 is 18.7. The molecule has 1 aromatic heterocycles. The van der Waals surface area contributed by atoms with E-state index in [1.807, 2.05) is 0 Å². The second kappa shape index (κ2) is 8.67. The molecular weight excluding hydrogens is 387 g/mol. The van der Waals surface area contributed by atoms with Gasteiger partial charge in [-0.05, 0) is 43.3 Å². The second-order valence-electron chi connectivity index (χ2n) is 5.52. The van der Waals surface area contributed by atoms with E-state index in [1.165, 1.54) is 23.5 Å². The third-order valence-electron chi connectivity index (χ3n) is 3.35. The zero-order valence-corrected chi connectivity index (χ0v) is 15.8. The van der Waals surface area contributed by atoms with Crippen molar-refractivity contribution in [1.82, 2.24) is 10.3 Å². The molecule has 0 bridgehead atoms. The molecular formula is C20H14ClFN2O2S. The average Bonchev–Trinajstić information content (AvgIpc) is 3.08. The minimum atomic E-state index is -0.380. The topological polar surface area (TPSA) is 51.2 Å². The van der Waals surface area contributed by atoms with Gasteiger partial charge < -0.3 is 10.1 Å². The van der Waals surface area contributed by atoms with Gasteiger partial charge >= 0.3 is 0 Å². The number of hydrogen-bond donors (Lipinski definition) is 1.